The molecule has 0 atom stereocenters. The van der Waals surface area contributed by atoms with Crippen LogP contribution in [0.15, 0.2) is 42.5 Å². The summed E-state index contributed by atoms with van der Waals surface area (Å²) in [5.41, 5.74) is -0.395. The molecule has 0 aliphatic rings. The van der Waals surface area contributed by atoms with E-state index in [0.29, 0.717) is 11.4 Å². The van der Waals surface area contributed by atoms with Crippen molar-refractivity contribution in [3.05, 3.63) is 53.8 Å². The molecule has 11 nitrogen and oxygen atoms in total. The smallest absolute Gasteiger partial charge is 0.407 e. The van der Waals surface area contributed by atoms with E-state index in [0.717, 1.165) is 0 Å². The third-order valence-corrected chi connectivity index (χ3v) is 7.58. The minimum atomic E-state index is -4.16. The van der Waals surface area contributed by atoms with Crippen molar-refractivity contribution >= 4 is 16.2 Å². The molecule has 0 bridgehead atoms. The number of nitrogens with zero attached hydrogens (tertiary/aromatic N) is 4. The van der Waals surface area contributed by atoms with Crippen molar-refractivity contribution in [2.75, 3.05) is 19.8 Å². The van der Waals surface area contributed by atoms with Crippen LogP contribution in [-0.4, -0.2) is 60.1 Å². The summed E-state index contributed by atoms with van der Waals surface area (Å²) in [6.45, 7) is 14.3. The van der Waals surface area contributed by atoms with Crippen LogP contribution in [0, 0.1) is 11.2 Å². The highest BCUT2D eigenvalue weighted by atomic mass is 32.2. The van der Waals surface area contributed by atoms with E-state index in [1.807, 2.05) is 20.8 Å². The van der Waals surface area contributed by atoms with Gasteiger partial charge in [-0.2, -0.15) is 8.42 Å². The second-order valence-corrected chi connectivity index (χ2v) is 14.3. The molecule has 224 valence electrons. The van der Waals surface area contributed by atoms with Gasteiger partial charge in [0.15, 0.2) is 0 Å². The third-order valence-electron chi connectivity index (χ3n) is 5.68. The van der Waals surface area contributed by atoms with Gasteiger partial charge in [0.2, 0.25) is 5.82 Å². The molecule has 0 aliphatic heterocycles. The highest BCUT2D eigenvalue weighted by Crippen LogP contribution is 2.38. The normalized spacial score (nSPS) is 12.7. The Labute approximate surface area is 240 Å². The van der Waals surface area contributed by atoms with Crippen molar-refractivity contribution < 1.29 is 31.3 Å². The van der Waals surface area contributed by atoms with E-state index >= 15 is 4.39 Å². The molecular weight excluding hydrogens is 553 g/mol. The van der Waals surface area contributed by atoms with Crippen LogP contribution in [0.25, 0.3) is 17.1 Å². The minimum Gasteiger partial charge on any atom is -0.492 e. The lowest BCUT2D eigenvalue weighted by Crippen LogP contribution is -2.34. The molecule has 1 heterocycles. The molecule has 13 heteroatoms. The van der Waals surface area contributed by atoms with Crippen molar-refractivity contribution in [1.29, 1.82) is 0 Å². The van der Waals surface area contributed by atoms with E-state index in [4.69, 9.17) is 13.7 Å². The van der Waals surface area contributed by atoms with Gasteiger partial charge in [0, 0.05) is 0 Å². The fourth-order valence-corrected chi connectivity index (χ4v) is 4.77. The summed E-state index contributed by atoms with van der Waals surface area (Å²) in [4.78, 5) is 12.9. The van der Waals surface area contributed by atoms with Crippen molar-refractivity contribution in [2.45, 2.75) is 65.7 Å². The van der Waals surface area contributed by atoms with Gasteiger partial charge in [-0.25, -0.2) is 9.18 Å². The quantitative estimate of drug-likeness (QED) is 0.255. The van der Waals surface area contributed by atoms with Gasteiger partial charge in [-0.1, -0.05) is 32.9 Å². The number of halogens is 1. The first-order valence-corrected chi connectivity index (χ1v) is 14.5. The third kappa shape index (κ3) is 8.46. The van der Waals surface area contributed by atoms with Crippen LogP contribution < -0.4 is 10.1 Å². The van der Waals surface area contributed by atoms with E-state index in [9.17, 15) is 13.2 Å². The van der Waals surface area contributed by atoms with Crippen LogP contribution in [0.5, 0.6) is 5.75 Å². The number of hydrogen-bond acceptors (Lipinski definition) is 9. The maximum Gasteiger partial charge on any atom is 0.407 e. The molecule has 0 aliphatic carbocycles. The van der Waals surface area contributed by atoms with Crippen molar-refractivity contribution in [1.82, 2.24) is 25.5 Å². The molecule has 0 unspecified atom stereocenters. The summed E-state index contributed by atoms with van der Waals surface area (Å²) >= 11 is 0. The van der Waals surface area contributed by atoms with Crippen LogP contribution in [0.2, 0.25) is 0 Å². The van der Waals surface area contributed by atoms with Gasteiger partial charge >= 0.3 is 6.09 Å². The lowest BCUT2D eigenvalue weighted by Gasteiger charge is -2.28. The van der Waals surface area contributed by atoms with Crippen molar-refractivity contribution in [2.24, 2.45) is 5.41 Å². The zero-order valence-corrected chi connectivity index (χ0v) is 25.5. The topological polar surface area (TPSA) is 135 Å². The van der Waals surface area contributed by atoms with Crippen LogP contribution in [0.3, 0.4) is 0 Å². The number of alkyl carbamates (subject to hydrolysis) is 1. The maximum atomic E-state index is 15.2. The maximum absolute atomic E-state index is 15.2. The van der Waals surface area contributed by atoms with Gasteiger partial charge < -0.3 is 14.8 Å². The van der Waals surface area contributed by atoms with Crippen LogP contribution in [0.1, 0.15) is 61.0 Å². The van der Waals surface area contributed by atoms with Gasteiger partial charge in [-0.05, 0) is 81.1 Å². The molecule has 0 fully saturated rings. The average molecular weight is 592 g/mol. The number of amides is 1. The molecule has 1 amide bonds. The van der Waals surface area contributed by atoms with Gasteiger partial charge in [-0.15, -0.1) is 15.0 Å². The summed E-state index contributed by atoms with van der Waals surface area (Å²) < 4.78 is 56.1. The second-order valence-electron chi connectivity index (χ2n) is 12.1. The van der Waals surface area contributed by atoms with Gasteiger partial charge in [0.1, 0.15) is 28.5 Å². The molecule has 0 saturated carbocycles. The molecular formula is C28H38FN5O6S. The average Bonchev–Trinajstić information content (AvgIpc) is 3.34. The minimum absolute atomic E-state index is 0.0300. The SMILES string of the molecule is CC(C)(C)COS(=O)(=O)C(C)(C)c1cccc(F)c1-c1nnn(-c2ccc(OCCNC(=O)OC(C)(C)C)cc2)n1. The molecule has 0 spiro atoms. The second kappa shape index (κ2) is 12.1. The molecule has 2 aromatic carbocycles. The largest absolute Gasteiger partial charge is 0.492 e. The fourth-order valence-electron chi connectivity index (χ4n) is 3.53. The van der Waals surface area contributed by atoms with E-state index in [2.05, 4.69) is 20.7 Å². The molecule has 1 aromatic heterocycles. The van der Waals surface area contributed by atoms with Gasteiger partial charge in [0.05, 0.1) is 24.4 Å². The fraction of sp³-hybridized carbons (Fsp3) is 0.500. The number of benzene rings is 2. The molecule has 3 aromatic rings. The summed E-state index contributed by atoms with van der Waals surface area (Å²) in [7, 11) is -4.16. The van der Waals surface area contributed by atoms with Crippen LogP contribution >= 0.6 is 0 Å². The van der Waals surface area contributed by atoms with Gasteiger partial charge in [0.25, 0.3) is 10.1 Å². The summed E-state index contributed by atoms with van der Waals surface area (Å²) in [6.07, 6.45) is -0.527. The summed E-state index contributed by atoms with van der Waals surface area (Å²) in [5.74, 6) is -0.227. The Bertz CT molecular complexity index is 1460. The van der Waals surface area contributed by atoms with Crippen molar-refractivity contribution in [3.8, 4) is 22.8 Å². The highest BCUT2D eigenvalue weighted by Gasteiger charge is 2.41. The molecule has 1 N–H and O–H groups in total. The van der Waals surface area contributed by atoms with E-state index in [1.54, 1.807) is 45.0 Å². The highest BCUT2D eigenvalue weighted by molar-refractivity contribution is 7.87. The molecule has 0 radical (unpaired) electrons. The molecule has 0 saturated heterocycles. The Morgan fingerprint density at radius 3 is 2.27 bits per heavy atom. The van der Waals surface area contributed by atoms with Crippen molar-refractivity contribution in [3.63, 3.8) is 0 Å². The number of carbonyl (C=O) groups is 1. The van der Waals surface area contributed by atoms with Gasteiger partial charge in [-0.3, -0.25) is 4.18 Å². The lowest BCUT2D eigenvalue weighted by atomic mass is 9.95. The predicted molar refractivity (Wildman–Crippen MR) is 152 cm³/mol. The van der Waals surface area contributed by atoms with E-state index in [1.165, 1.54) is 36.8 Å². The summed E-state index contributed by atoms with van der Waals surface area (Å²) in [6, 6.07) is 10.9. The molecule has 41 heavy (non-hydrogen) atoms. The Kier molecular flexibility index (Phi) is 9.44. The Morgan fingerprint density at radius 2 is 1.66 bits per heavy atom. The first-order valence-electron chi connectivity index (χ1n) is 13.1. The predicted octanol–water partition coefficient (Wildman–Crippen LogP) is 5.00. The lowest BCUT2D eigenvalue weighted by molar-refractivity contribution is 0.0520. The number of aromatic nitrogens is 4. The number of hydrogen-bond donors (Lipinski definition) is 1. The molecule has 3 rings (SSSR count). The Morgan fingerprint density at radius 1 is 1.00 bits per heavy atom. The number of nitrogens with one attached hydrogen (secondary N) is 1. The zero-order chi connectivity index (χ0) is 30.6. The monoisotopic (exact) mass is 591 g/mol. The van der Waals surface area contributed by atoms with Crippen LogP contribution in [-0.2, 0) is 23.8 Å². The van der Waals surface area contributed by atoms with Crippen LogP contribution in [0.4, 0.5) is 9.18 Å². The zero-order valence-electron chi connectivity index (χ0n) is 24.7. The summed E-state index contributed by atoms with van der Waals surface area (Å²) in [5, 5.41) is 15.0. The number of tetrazole rings is 1. The first-order chi connectivity index (χ1) is 18.9. The number of ether oxygens (including phenoxy) is 2. The van der Waals surface area contributed by atoms with E-state index in [-0.39, 0.29) is 36.7 Å². The Hall–Kier alpha value is -3.58. The van der Waals surface area contributed by atoms with E-state index < -0.39 is 37.8 Å². The standard InChI is InChI=1S/C28H38FN5O6S/c1-26(2,3)18-39-41(36,37)28(7,8)21-10-9-11-22(29)23(21)24-31-33-34(32-24)19-12-14-20(15-13-19)38-17-16-30-25(35)40-27(4,5)6/h9-15H,16-18H2,1-8H3,(H,30,35). The first kappa shape index (κ1) is 31.9. The number of carbonyl (C=O) groups excluding carboxylic acids is 1. The number of rotatable bonds is 10. The Balaban J connectivity index is 1.75.